The molecule has 5 nitrogen and oxygen atoms in total. The zero-order chi connectivity index (χ0) is 12.3. The van der Waals surface area contributed by atoms with E-state index >= 15 is 0 Å². The van der Waals surface area contributed by atoms with Crippen molar-refractivity contribution in [2.75, 3.05) is 25.1 Å². The number of anilines is 1. The predicted octanol–water partition coefficient (Wildman–Crippen LogP) is 1.47. The van der Waals surface area contributed by atoms with Gasteiger partial charge in [0.2, 0.25) is 0 Å². The zero-order valence-corrected chi connectivity index (χ0v) is 9.92. The Morgan fingerprint density at radius 3 is 2.59 bits per heavy atom. The van der Waals surface area contributed by atoms with Crippen LogP contribution in [0, 0.1) is 6.92 Å². The standard InChI is InChI=1S/C12H15N3O2/c1-9-3-5-11(17-9)10-4-6-12(14-13-10)15(2)7-8-16/h3-6,16H,7-8H2,1-2H3. The number of hydrogen-bond acceptors (Lipinski definition) is 5. The van der Waals surface area contributed by atoms with Crippen LogP contribution in [0.2, 0.25) is 0 Å². The van der Waals surface area contributed by atoms with Crippen LogP contribution in [0.4, 0.5) is 5.82 Å². The molecule has 0 aliphatic carbocycles. The molecule has 2 rings (SSSR count). The molecule has 0 unspecified atom stereocenters. The third-order valence-corrected chi connectivity index (χ3v) is 2.47. The van der Waals surface area contributed by atoms with Crippen LogP contribution in [0.5, 0.6) is 0 Å². The molecule has 0 amide bonds. The van der Waals surface area contributed by atoms with E-state index in [0.717, 1.165) is 11.6 Å². The van der Waals surface area contributed by atoms with E-state index in [4.69, 9.17) is 9.52 Å². The topological polar surface area (TPSA) is 62.4 Å². The Labute approximate surface area is 99.7 Å². The molecular formula is C12H15N3O2. The second-order valence-corrected chi connectivity index (χ2v) is 3.83. The van der Waals surface area contributed by atoms with Gasteiger partial charge in [-0.2, -0.15) is 0 Å². The summed E-state index contributed by atoms with van der Waals surface area (Å²) in [6.07, 6.45) is 0. The minimum Gasteiger partial charge on any atom is -0.460 e. The molecule has 0 saturated heterocycles. The molecule has 0 aliphatic heterocycles. The Balaban J connectivity index is 2.18. The van der Waals surface area contributed by atoms with Crippen LogP contribution in [0.1, 0.15) is 5.76 Å². The fraction of sp³-hybridized carbons (Fsp3) is 0.333. The molecule has 0 aromatic carbocycles. The van der Waals surface area contributed by atoms with E-state index in [1.54, 1.807) is 0 Å². The van der Waals surface area contributed by atoms with Crippen molar-refractivity contribution >= 4 is 5.82 Å². The first-order valence-electron chi connectivity index (χ1n) is 5.43. The van der Waals surface area contributed by atoms with Gasteiger partial charge in [0.05, 0.1) is 6.61 Å². The molecule has 17 heavy (non-hydrogen) atoms. The van der Waals surface area contributed by atoms with Gasteiger partial charge in [0, 0.05) is 13.6 Å². The smallest absolute Gasteiger partial charge is 0.154 e. The highest BCUT2D eigenvalue weighted by atomic mass is 16.3. The number of furan rings is 1. The summed E-state index contributed by atoms with van der Waals surface area (Å²) in [5.41, 5.74) is 0.708. The summed E-state index contributed by atoms with van der Waals surface area (Å²) in [4.78, 5) is 1.84. The first-order valence-corrected chi connectivity index (χ1v) is 5.43. The number of aliphatic hydroxyl groups is 1. The molecule has 0 atom stereocenters. The van der Waals surface area contributed by atoms with Gasteiger partial charge < -0.3 is 14.4 Å². The molecule has 2 heterocycles. The lowest BCUT2D eigenvalue weighted by atomic mass is 10.3. The number of aliphatic hydroxyl groups excluding tert-OH is 1. The van der Waals surface area contributed by atoms with Gasteiger partial charge in [0.15, 0.2) is 11.6 Å². The van der Waals surface area contributed by atoms with Crippen molar-refractivity contribution in [2.24, 2.45) is 0 Å². The van der Waals surface area contributed by atoms with Gasteiger partial charge in [-0.3, -0.25) is 0 Å². The third kappa shape index (κ3) is 2.62. The second-order valence-electron chi connectivity index (χ2n) is 3.83. The van der Waals surface area contributed by atoms with Gasteiger partial charge >= 0.3 is 0 Å². The Morgan fingerprint density at radius 1 is 1.24 bits per heavy atom. The Bertz CT molecular complexity index is 479. The van der Waals surface area contributed by atoms with Gasteiger partial charge in [-0.1, -0.05) is 0 Å². The molecule has 2 aromatic rings. The number of likely N-dealkylation sites (N-methyl/N-ethyl adjacent to an activating group) is 1. The van der Waals surface area contributed by atoms with E-state index in [0.29, 0.717) is 18.0 Å². The largest absolute Gasteiger partial charge is 0.460 e. The second kappa shape index (κ2) is 4.97. The lowest BCUT2D eigenvalue weighted by Gasteiger charge is -2.15. The highest BCUT2D eigenvalue weighted by molar-refractivity contribution is 5.53. The van der Waals surface area contributed by atoms with Gasteiger partial charge in [-0.05, 0) is 31.2 Å². The van der Waals surface area contributed by atoms with Crippen LogP contribution in [0.15, 0.2) is 28.7 Å². The number of aromatic nitrogens is 2. The Morgan fingerprint density at radius 2 is 2.06 bits per heavy atom. The summed E-state index contributed by atoms with van der Waals surface area (Å²) >= 11 is 0. The molecule has 0 aliphatic rings. The fourth-order valence-corrected chi connectivity index (χ4v) is 1.50. The summed E-state index contributed by atoms with van der Waals surface area (Å²) in [5, 5.41) is 17.0. The Hall–Kier alpha value is -1.88. The van der Waals surface area contributed by atoms with Gasteiger partial charge in [-0.15, -0.1) is 10.2 Å². The zero-order valence-electron chi connectivity index (χ0n) is 9.92. The number of rotatable bonds is 4. The van der Waals surface area contributed by atoms with Crippen LogP contribution in [-0.4, -0.2) is 35.5 Å². The lowest BCUT2D eigenvalue weighted by Crippen LogP contribution is -2.22. The molecule has 0 saturated carbocycles. The van der Waals surface area contributed by atoms with Crippen LogP contribution >= 0.6 is 0 Å². The monoisotopic (exact) mass is 233 g/mol. The van der Waals surface area contributed by atoms with E-state index in [2.05, 4.69) is 10.2 Å². The van der Waals surface area contributed by atoms with Crippen molar-refractivity contribution in [3.63, 3.8) is 0 Å². The van der Waals surface area contributed by atoms with Crippen LogP contribution in [0.25, 0.3) is 11.5 Å². The fourth-order valence-electron chi connectivity index (χ4n) is 1.50. The molecule has 0 spiro atoms. The quantitative estimate of drug-likeness (QED) is 0.866. The third-order valence-electron chi connectivity index (χ3n) is 2.47. The first kappa shape index (κ1) is 11.6. The first-order chi connectivity index (χ1) is 8.20. The van der Waals surface area contributed by atoms with Gasteiger partial charge in [-0.25, -0.2) is 0 Å². The normalized spacial score (nSPS) is 10.5. The van der Waals surface area contributed by atoms with E-state index in [1.165, 1.54) is 0 Å². The minimum absolute atomic E-state index is 0.0946. The molecule has 0 fully saturated rings. The minimum atomic E-state index is 0.0946. The van der Waals surface area contributed by atoms with Gasteiger partial charge in [0.1, 0.15) is 11.5 Å². The van der Waals surface area contributed by atoms with Gasteiger partial charge in [0.25, 0.3) is 0 Å². The highest BCUT2D eigenvalue weighted by Crippen LogP contribution is 2.20. The number of hydrogen-bond donors (Lipinski definition) is 1. The van der Waals surface area contributed by atoms with Crippen molar-refractivity contribution in [1.29, 1.82) is 0 Å². The summed E-state index contributed by atoms with van der Waals surface area (Å²) < 4.78 is 5.46. The molecule has 0 radical (unpaired) electrons. The molecule has 90 valence electrons. The summed E-state index contributed by atoms with van der Waals surface area (Å²) in [6.45, 7) is 2.52. The van der Waals surface area contributed by atoms with Crippen LogP contribution in [-0.2, 0) is 0 Å². The molecule has 1 N–H and O–H groups in total. The Kier molecular flexibility index (Phi) is 3.39. The van der Waals surface area contributed by atoms with E-state index in [9.17, 15) is 0 Å². The van der Waals surface area contributed by atoms with Crippen LogP contribution in [0.3, 0.4) is 0 Å². The molecule has 5 heteroatoms. The summed E-state index contributed by atoms with van der Waals surface area (Å²) in [7, 11) is 1.86. The average molecular weight is 233 g/mol. The SMILES string of the molecule is Cc1ccc(-c2ccc(N(C)CCO)nn2)o1. The maximum Gasteiger partial charge on any atom is 0.154 e. The maximum atomic E-state index is 8.83. The van der Waals surface area contributed by atoms with Crippen molar-refractivity contribution in [3.8, 4) is 11.5 Å². The number of aryl methyl sites for hydroxylation is 1. The average Bonchev–Trinajstić information content (AvgIpc) is 2.76. The van der Waals surface area contributed by atoms with Crippen molar-refractivity contribution in [3.05, 3.63) is 30.0 Å². The number of nitrogens with zero attached hydrogens (tertiary/aromatic N) is 3. The highest BCUT2D eigenvalue weighted by Gasteiger charge is 2.07. The van der Waals surface area contributed by atoms with Crippen LogP contribution < -0.4 is 4.90 Å². The lowest BCUT2D eigenvalue weighted by molar-refractivity contribution is 0.303. The molecule has 0 bridgehead atoms. The van der Waals surface area contributed by atoms with E-state index < -0.39 is 0 Å². The van der Waals surface area contributed by atoms with Crippen molar-refractivity contribution in [1.82, 2.24) is 10.2 Å². The molecule has 2 aromatic heterocycles. The molecular weight excluding hydrogens is 218 g/mol. The predicted molar refractivity (Wildman–Crippen MR) is 64.8 cm³/mol. The summed E-state index contributed by atoms with van der Waals surface area (Å²) in [5.74, 6) is 2.29. The van der Waals surface area contributed by atoms with E-state index in [-0.39, 0.29) is 6.61 Å². The maximum absolute atomic E-state index is 8.83. The summed E-state index contributed by atoms with van der Waals surface area (Å²) in [6, 6.07) is 7.48. The van der Waals surface area contributed by atoms with Crippen molar-refractivity contribution in [2.45, 2.75) is 6.92 Å². The van der Waals surface area contributed by atoms with Crippen molar-refractivity contribution < 1.29 is 9.52 Å². The van der Waals surface area contributed by atoms with E-state index in [1.807, 2.05) is 43.1 Å².